The third kappa shape index (κ3) is 3.71. The maximum Gasteiger partial charge on any atom is 0.251 e. The monoisotopic (exact) mass is 278 g/mol. The summed E-state index contributed by atoms with van der Waals surface area (Å²) >= 11 is 0. The molecule has 0 radical (unpaired) electrons. The molecule has 0 saturated carbocycles. The molecule has 0 spiro atoms. The van der Waals surface area contributed by atoms with Gasteiger partial charge in [0.15, 0.2) is 0 Å². The van der Waals surface area contributed by atoms with Gasteiger partial charge in [0.1, 0.15) is 0 Å². The number of aliphatic hydroxyl groups is 1. The molecule has 0 aromatic heterocycles. The van der Waals surface area contributed by atoms with Crippen LogP contribution in [0.25, 0.3) is 0 Å². The Morgan fingerprint density at radius 2 is 1.90 bits per heavy atom. The molecule has 1 aromatic rings. The standard InChI is InChI=1S/C15H22N2O3/c1-15(2,11-18)16-14(19)12-3-5-13(6-4-12)17-7-9-20-10-8-17/h3-6,18H,7-11H2,1-2H3,(H,16,19). The highest BCUT2D eigenvalue weighted by molar-refractivity contribution is 5.95. The average Bonchev–Trinajstić information content (AvgIpc) is 2.48. The molecule has 110 valence electrons. The molecular weight excluding hydrogens is 256 g/mol. The minimum atomic E-state index is -0.611. The zero-order chi connectivity index (χ0) is 14.6. The van der Waals surface area contributed by atoms with Gasteiger partial charge in [-0.05, 0) is 38.1 Å². The highest BCUT2D eigenvalue weighted by Gasteiger charge is 2.20. The van der Waals surface area contributed by atoms with Crippen molar-refractivity contribution in [1.82, 2.24) is 5.32 Å². The second-order valence-electron chi connectivity index (χ2n) is 5.64. The number of amides is 1. The quantitative estimate of drug-likeness (QED) is 0.863. The lowest BCUT2D eigenvalue weighted by Gasteiger charge is -2.29. The van der Waals surface area contributed by atoms with Crippen LogP contribution in [0, 0.1) is 0 Å². The van der Waals surface area contributed by atoms with Crippen LogP contribution in [0.1, 0.15) is 24.2 Å². The molecule has 20 heavy (non-hydrogen) atoms. The second-order valence-corrected chi connectivity index (χ2v) is 5.64. The Bertz CT molecular complexity index is 451. The Kier molecular flexibility index (Phi) is 4.62. The van der Waals surface area contributed by atoms with Gasteiger partial charge in [-0.1, -0.05) is 0 Å². The van der Waals surface area contributed by atoms with E-state index in [1.54, 1.807) is 13.8 Å². The molecule has 1 aliphatic rings. The zero-order valence-corrected chi connectivity index (χ0v) is 12.1. The molecule has 1 amide bonds. The first kappa shape index (κ1) is 14.8. The Balaban J connectivity index is 2.02. The lowest BCUT2D eigenvalue weighted by molar-refractivity contribution is 0.0869. The van der Waals surface area contributed by atoms with Crippen molar-refractivity contribution in [2.75, 3.05) is 37.8 Å². The van der Waals surface area contributed by atoms with Crippen LogP contribution in [0.2, 0.25) is 0 Å². The van der Waals surface area contributed by atoms with Gasteiger partial charge in [0.2, 0.25) is 0 Å². The first-order chi connectivity index (χ1) is 9.52. The number of carbonyl (C=O) groups excluding carboxylic acids is 1. The van der Waals surface area contributed by atoms with E-state index in [0.717, 1.165) is 32.0 Å². The van der Waals surface area contributed by atoms with Crippen molar-refractivity contribution in [3.8, 4) is 0 Å². The fraction of sp³-hybridized carbons (Fsp3) is 0.533. The van der Waals surface area contributed by atoms with Gasteiger partial charge < -0.3 is 20.1 Å². The van der Waals surface area contributed by atoms with Gasteiger partial charge in [0.25, 0.3) is 5.91 Å². The van der Waals surface area contributed by atoms with Gasteiger partial charge in [-0.3, -0.25) is 4.79 Å². The number of aliphatic hydroxyl groups excluding tert-OH is 1. The summed E-state index contributed by atoms with van der Waals surface area (Å²) < 4.78 is 5.32. The molecule has 5 heteroatoms. The highest BCUT2D eigenvalue weighted by Crippen LogP contribution is 2.17. The van der Waals surface area contributed by atoms with Crippen LogP contribution in [0.5, 0.6) is 0 Å². The SMILES string of the molecule is CC(C)(CO)NC(=O)c1ccc(N2CCOCC2)cc1. The summed E-state index contributed by atoms with van der Waals surface area (Å²) in [6.07, 6.45) is 0. The second kappa shape index (κ2) is 6.24. The molecule has 1 fully saturated rings. The number of benzene rings is 1. The molecule has 0 aliphatic carbocycles. The fourth-order valence-electron chi connectivity index (χ4n) is 2.06. The first-order valence-corrected chi connectivity index (χ1v) is 6.88. The van der Waals surface area contributed by atoms with Crippen LogP contribution >= 0.6 is 0 Å². The summed E-state index contributed by atoms with van der Waals surface area (Å²) in [4.78, 5) is 14.3. The predicted octanol–water partition coefficient (Wildman–Crippen LogP) is 1.02. The Hall–Kier alpha value is -1.59. The van der Waals surface area contributed by atoms with E-state index in [0.29, 0.717) is 5.56 Å². The van der Waals surface area contributed by atoms with E-state index < -0.39 is 5.54 Å². The van der Waals surface area contributed by atoms with Crippen molar-refractivity contribution in [3.63, 3.8) is 0 Å². The maximum absolute atomic E-state index is 12.1. The van der Waals surface area contributed by atoms with Gasteiger partial charge >= 0.3 is 0 Å². The smallest absolute Gasteiger partial charge is 0.251 e. The minimum Gasteiger partial charge on any atom is -0.394 e. The topological polar surface area (TPSA) is 61.8 Å². The van der Waals surface area contributed by atoms with Crippen LogP contribution in [-0.4, -0.2) is 49.5 Å². The van der Waals surface area contributed by atoms with Crippen molar-refractivity contribution in [2.24, 2.45) is 0 Å². The van der Waals surface area contributed by atoms with E-state index >= 15 is 0 Å². The summed E-state index contributed by atoms with van der Waals surface area (Å²) in [5.74, 6) is -0.169. The van der Waals surface area contributed by atoms with Crippen molar-refractivity contribution in [1.29, 1.82) is 0 Å². The van der Waals surface area contributed by atoms with Crippen LogP contribution in [0.15, 0.2) is 24.3 Å². The lowest BCUT2D eigenvalue weighted by Crippen LogP contribution is -2.46. The van der Waals surface area contributed by atoms with Crippen molar-refractivity contribution in [2.45, 2.75) is 19.4 Å². The minimum absolute atomic E-state index is 0.0927. The lowest BCUT2D eigenvalue weighted by atomic mass is 10.1. The van der Waals surface area contributed by atoms with Gasteiger partial charge in [-0.15, -0.1) is 0 Å². The van der Waals surface area contributed by atoms with Gasteiger partial charge in [-0.2, -0.15) is 0 Å². The third-order valence-electron chi connectivity index (χ3n) is 3.35. The average molecular weight is 278 g/mol. The normalized spacial score (nSPS) is 16.1. The van der Waals surface area contributed by atoms with Crippen LogP contribution in [0.4, 0.5) is 5.69 Å². The fourth-order valence-corrected chi connectivity index (χ4v) is 2.06. The maximum atomic E-state index is 12.1. The summed E-state index contributed by atoms with van der Waals surface area (Å²) in [5, 5.41) is 12.0. The van der Waals surface area contributed by atoms with E-state index in [2.05, 4.69) is 10.2 Å². The number of ether oxygens (including phenoxy) is 1. The molecule has 0 bridgehead atoms. The van der Waals surface area contributed by atoms with Crippen LogP contribution in [-0.2, 0) is 4.74 Å². The number of hydrogen-bond acceptors (Lipinski definition) is 4. The summed E-state index contributed by atoms with van der Waals surface area (Å²) in [5.41, 5.74) is 1.09. The van der Waals surface area contributed by atoms with Crippen molar-refractivity contribution in [3.05, 3.63) is 29.8 Å². The third-order valence-corrected chi connectivity index (χ3v) is 3.35. The molecule has 5 nitrogen and oxygen atoms in total. The predicted molar refractivity (Wildman–Crippen MR) is 78.1 cm³/mol. The molecule has 1 heterocycles. The molecule has 1 aromatic carbocycles. The number of carbonyl (C=O) groups is 1. The van der Waals surface area contributed by atoms with Crippen molar-refractivity contribution < 1.29 is 14.6 Å². The van der Waals surface area contributed by atoms with Gasteiger partial charge in [0, 0.05) is 24.3 Å². The number of rotatable bonds is 4. The number of anilines is 1. The number of nitrogens with one attached hydrogen (secondary N) is 1. The van der Waals surface area contributed by atoms with Crippen LogP contribution in [0.3, 0.4) is 0 Å². The summed E-state index contributed by atoms with van der Waals surface area (Å²) in [6.45, 7) is 6.72. The highest BCUT2D eigenvalue weighted by atomic mass is 16.5. The Morgan fingerprint density at radius 1 is 1.30 bits per heavy atom. The summed E-state index contributed by atoms with van der Waals surface area (Å²) in [7, 11) is 0. The molecule has 1 saturated heterocycles. The molecule has 1 aliphatic heterocycles. The van der Waals surface area contributed by atoms with E-state index in [4.69, 9.17) is 4.74 Å². The largest absolute Gasteiger partial charge is 0.394 e. The molecule has 2 N–H and O–H groups in total. The van der Waals surface area contributed by atoms with E-state index in [9.17, 15) is 9.90 Å². The number of nitrogens with zero attached hydrogens (tertiary/aromatic N) is 1. The number of hydrogen-bond donors (Lipinski definition) is 2. The Morgan fingerprint density at radius 3 is 2.45 bits per heavy atom. The molecule has 0 unspecified atom stereocenters. The van der Waals surface area contributed by atoms with Gasteiger partial charge in [-0.25, -0.2) is 0 Å². The Labute approximate surface area is 119 Å². The van der Waals surface area contributed by atoms with E-state index in [1.165, 1.54) is 0 Å². The van der Waals surface area contributed by atoms with E-state index in [1.807, 2.05) is 24.3 Å². The summed E-state index contributed by atoms with van der Waals surface area (Å²) in [6, 6.07) is 7.53. The van der Waals surface area contributed by atoms with Gasteiger partial charge in [0.05, 0.1) is 25.4 Å². The molecule has 2 rings (SSSR count). The van der Waals surface area contributed by atoms with E-state index in [-0.39, 0.29) is 12.5 Å². The first-order valence-electron chi connectivity index (χ1n) is 6.88. The number of morpholine rings is 1. The van der Waals surface area contributed by atoms with Crippen LogP contribution < -0.4 is 10.2 Å². The molecule has 0 atom stereocenters. The molecular formula is C15H22N2O3. The zero-order valence-electron chi connectivity index (χ0n) is 12.1. The van der Waals surface area contributed by atoms with Crippen molar-refractivity contribution >= 4 is 11.6 Å².